The third-order valence-corrected chi connectivity index (χ3v) is 5.38. The molecule has 2 fully saturated rings. The molecule has 0 N–H and O–H groups in total. The Morgan fingerprint density at radius 2 is 1.33 bits per heavy atom. The van der Waals surface area contributed by atoms with Crippen LogP contribution >= 0.6 is 0 Å². The minimum Gasteiger partial charge on any atom is -0.379 e. The molecular weight excluding hydrogens is 220 g/mol. The Bertz CT molecular complexity index is 186. The molecule has 0 saturated heterocycles. The molecule has 0 spiro atoms. The smallest absolute Gasteiger partial charge is 0.0575 e. The monoisotopic (exact) mass is 252 g/mol. The zero-order valence-electron chi connectivity index (χ0n) is 12.5. The third kappa shape index (κ3) is 3.98. The minimum absolute atomic E-state index is 0.586. The molecule has 0 radical (unpaired) electrons. The van der Waals surface area contributed by atoms with Gasteiger partial charge in [-0.1, -0.05) is 32.6 Å². The molecule has 0 amide bonds. The van der Waals surface area contributed by atoms with Crippen LogP contribution in [0.4, 0.5) is 0 Å². The van der Waals surface area contributed by atoms with Crippen molar-refractivity contribution in [3.05, 3.63) is 0 Å². The van der Waals surface area contributed by atoms with Crippen molar-refractivity contribution in [3.63, 3.8) is 0 Å². The van der Waals surface area contributed by atoms with Crippen LogP contribution in [0, 0.1) is 17.8 Å². The van der Waals surface area contributed by atoms with Crippen LogP contribution < -0.4 is 0 Å². The molecule has 0 aromatic rings. The normalized spacial score (nSPS) is 37.7. The van der Waals surface area contributed by atoms with Gasteiger partial charge in [0.1, 0.15) is 0 Å². The quantitative estimate of drug-likeness (QED) is 0.654. The lowest BCUT2D eigenvalue weighted by atomic mass is 9.70. The molecule has 2 aliphatic carbocycles. The second-order valence-electron chi connectivity index (χ2n) is 6.56. The zero-order chi connectivity index (χ0) is 12.8. The summed E-state index contributed by atoms with van der Waals surface area (Å²) in [6.45, 7) is 5.36. The van der Waals surface area contributed by atoms with Gasteiger partial charge in [0.25, 0.3) is 0 Å². The van der Waals surface area contributed by atoms with Crippen molar-refractivity contribution in [1.29, 1.82) is 0 Å². The SMILES string of the molecule is CCCC1CCC(C2CCC(OCC)CC2)CC1. The molecule has 18 heavy (non-hydrogen) atoms. The summed E-state index contributed by atoms with van der Waals surface area (Å²) in [7, 11) is 0. The van der Waals surface area contributed by atoms with Crippen LogP contribution in [-0.4, -0.2) is 12.7 Å². The van der Waals surface area contributed by atoms with Crippen LogP contribution in [0.3, 0.4) is 0 Å². The van der Waals surface area contributed by atoms with Crippen molar-refractivity contribution in [2.45, 2.75) is 84.2 Å². The number of hydrogen-bond acceptors (Lipinski definition) is 1. The Morgan fingerprint density at radius 1 is 0.778 bits per heavy atom. The van der Waals surface area contributed by atoms with Gasteiger partial charge in [0.15, 0.2) is 0 Å². The topological polar surface area (TPSA) is 9.23 Å². The van der Waals surface area contributed by atoms with E-state index in [0.717, 1.165) is 24.4 Å². The first-order valence-electron chi connectivity index (χ1n) is 8.45. The van der Waals surface area contributed by atoms with Crippen molar-refractivity contribution < 1.29 is 4.74 Å². The molecule has 0 bridgehead atoms. The van der Waals surface area contributed by atoms with Crippen molar-refractivity contribution in [2.75, 3.05) is 6.61 Å². The van der Waals surface area contributed by atoms with Crippen LogP contribution in [-0.2, 0) is 4.74 Å². The molecule has 1 nitrogen and oxygen atoms in total. The van der Waals surface area contributed by atoms with Crippen molar-refractivity contribution >= 4 is 0 Å². The van der Waals surface area contributed by atoms with Gasteiger partial charge in [0.2, 0.25) is 0 Å². The number of rotatable bonds is 5. The van der Waals surface area contributed by atoms with Gasteiger partial charge in [0.05, 0.1) is 6.10 Å². The summed E-state index contributed by atoms with van der Waals surface area (Å²) in [5.41, 5.74) is 0. The Kier molecular flexibility index (Phi) is 6.01. The van der Waals surface area contributed by atoms with E-state index in [-0.39, 0.29) is 0 Å². The average molecular weight is 252 g/mol. The van der Waals surface area contributed by atoms with Gasteiger partial charge in [-0.25, -0.2) is 0 Å². The molecule has 0 heterocycles. The number of ether oxygens (including phenoxy) is 1. The molecule has 0 aromatic carbocycles. The highest BCUT2D eigenvalue weighted by molar-refractivity contribution is 4.82. The minimum atomic E-state index is 0.586. The second kappa shape index (κ2) is 7.53. The predicted octanol–water partition coefficient (Wildman–Crippen LogP) is 5.19. The van der Waals surface area contributed by atoms with E-state index in [1.54, 1.807) is 0 Å². The van der Waals surface area contributed by atoms with Crippen LogP contribution in [0.15, 0.2) is 0 Å². The van der Waals surface area contributed by atoms with Crippen LogP contribution in [0.25, 0.3) is 0 Å². The summed E-state index contributed by atoms with van der Waals surface area (Å²) >= 11 is 0. The Labute approximate surface area is 114 Å². The van der Waals surface area contributed by atoms with E-state index in [1.807, 2.05) is 0 Å². The van der Waals surface area contributed by atoms with Crippen LogP contribution in [0.5, 0.6) is 0 Å². The highest BCUT2D eigenvalue weighted by Gasteiger charge is 2.30. The van der Waals surface area contributed by atoms with Gasteiger partial charge in [-0.3, -0.25) is 0 Å². The molecule has 0 unspecified atom stereocenters. The van der Waals surface area contributed by atoms with Gasteiger partial charge in [0, 0.05) is 6.61 Å². The Hall–Kier alpha value is -0.0400. The van der Waals surface area contributed by atoms with E-state index in [1.165, 1.54) is 64.2 Å². The molecule has 106 valence electrons. The molecule has 0 atom stereocenters. The fourth-order valence-electron chi connectivity index (χ4n) is 4.32. The van der Waals surface area contributed by atoms with Crippen LogP contribution in [0.2, 0.25) is 0 Å². The summed E-state index contributed by atoms with van der Waals surface area (Å²) < 4.78 is 5.77. The number of hydrogen-bond donors (Lipinski definition) is 0. The molecule has 0 aliphatic heterocycles. The Morgan fingerprint density at radius 3 is 1.83 bits per heavy atom. The van der Waals surface area contributed by atoms with Crippen molar-refractivity contribution in [3.8, 4) is 0 Å². The molecule has 2 rings (SSSR count). The molecule has 1 heteroatoms. The van der Waals surface area contributed by atoms with E-state index in [9.17, 15) is 0 Å². The fourth-order valence-corrected chi connectivity index (χ4v) is 4.32. The van der Waals surface area contributed by atoms with E-state index < -0.39 is 0 Å². The first-order chi connectivity index (χ1) is 8.83. The van der Waals surface area contributed by atoms with Crippen LogP contribution in [0.1, 0.15) is 78.1 Å². The van der Waals surface area contributed by atoms with Gasteiger partial charge in [-0.15, -0.1) is 0 Å². The summed E-state index contributed by atoms with van der Waals surface area (Å²) in [6.07, 6.45) is 15.1. The summed E-state index contributed by atoms with van der Waals surface area (Å²) in [4.78, 5) is 0. The summed E-state index contributed by atoms with van der Waals surface area (Å²) in [5.74, 6) is 3.15. The summed E-state index contributed by atoms with van der Waals surface area (Å²) in [6, 6.07) is 0. The second-order valence-corrected chi connectivity index (χ2v) is 6.56. The lowest BCUT2D eigenvalue weighted by molar-refractivity contribution is 0.0135. The maximum absolute atomic E-state index is 5.77. The van der Waals surface area contributed by atoms with Gasteiger partial charge in [-0.05, 0) is 63.2 Å². The largest absolute Gasteiger partial charge is 0.379 e. The predicted molar refractivity (Wildman–Crippen MR) is 77.7 cm³/mol. The highest BCUT2D eigenvalue weighted by Crippen LogP contribution is 2.41. The average Bonchev–Trinajstić information content (AvgIpc) is 2.41. The summed E-state index contributed by atoms with van der Waals surface area (Å²) in [5, 5.41) is 0. The van der Waals surface area contributed by atoms with E-state index >= 15 is 0 Å². The van der Waals surface area contributed by atoms with Gasteiger partial charge in [-0.2, -0.15) is 0 Å². The van der Waals surface area contributed by atoms with E-state index in [0.29, 0.717) is 6.10 Å². The standard InChI is InChI=1S/C17H32O/c1-3-5-14-6-8-15(9-7-14)16-10-12-17(13-11-16)18-4-2/h14-17H,3-13H2,1-2H3. The van der Waals surface area contributed by atoms with E-state index in [2.05, 4.69) is 13.8 Å². The Balaban J connectivity index is 1.68. The molecule has 0 aromatic heterocycles. The first kappa shape index (κ1) is 14.4. The zero-order valence-corrected chi connectivity index (χ0v) is 12.5. The maximum Gasteiger partial charge on any atom is 0.0575 e. The van der Waals surface area contributed by atoms with Gasteiger partial charge >= 0.3 is 0 Å². The molecule has 2 aliphatic rings. The third-order valence-electron chi connectivity index (χ3n) is 5.38. The van der Waals surface area contributed by atoms with Crippen molar-refractivity contribution in [1.82, 2.24) is 0 Å². The lowest BCUT2D eigenvalue weighted by Gasteiger charge is -2.37. The fraction of sp³-hybridized carbons (Fsp3) is 1.00. The highest BCUT2D eigenvalue weighted by atomic mass is 16.5. The van der Waals surface area contributed by atoms with Crippen molar-refractivity contribution in [2.24, 2.45) is 17.8 Å². The lowest BCUT2D eigenvalue weighted by Crippen LogP contribution is -2.28. The maximum atomic E-state index is 5.77. The first-order valence-corrected chi connectivity index (χ1v) is 8.45. The molecular formula is C17H32O. The van der Waals surface area contributed by atoms with Gasteiger partial charge < -0.3 is 4.74 Å². The van der Waals surface area contributed by atoms with E-state index in [4.69, 9.17) is 4.74 Å². The molecule has 2 saturated carbocycles.